The van der Waals surface area contributed by atoms with Crippen molar-refractivity contribution >= 4 is 12.4 Å². The summed E-state index contributed by atoms with van der Waals surface area (Å²) < 4.78 is 5.40. The van der Waals surface area contributed by atoms with Gasteiger partial charge in [0.05, 0.1) is 0 Å². The molecule has 0 unspecified atom stereocenters. The van der Waals surface area contributed by atoms with Gasteiger partial charge in [-0.3, -0.25) is 0 Å². The molecule has 88 valence electrons. The Kier molecular flexibility index (Phi) is 18.6. The molecule has 0 atom stereocenters. The molecule has 0 aliphatic carbocycles. The van der Waals surface area contributed by atoms with Gasteiger partial charge in [0, 0.05) is 13.2 Å². The van der Waals surface area contributed by atoms with Gasteiger partial charge in [0.25, 0.3) is 0 Å². The number of rotatable bonds is 10. The molecular formula is C11H26ClNO. The zero-order chi connectivity index (χ0) is 9.78. The number of ether oxygens (including phenoxy) is 1. The molecule has 0 saturated heterocycles. The molecule has 2 N–H and O–H groups in total. The van der Waals surface area contributed by atoms with E-state index in [-0.39, 0.29) is 12.4 Å². The molecular weight excluding hydrogens is 198 g/mol. The van der Waals surface area contributed by atoms with E-state index in [9.17, 15) is 0 Å². The van der Waals surface area contributed by atoms with Gasteiger partial charge in [0.1, 0.15) is 0 Å². The highest BCUT2D eigenvalue weighted by atomic mass is 35.5. The average molecular weight is 224 g/mol. The lowest BCUT2D eigenvalue weighted by Crippen LogP contribution is -2.04. The Hall–Kier alpha value is 0.210. The first-order valence-electron chi connectivity index (χ1n) is 5.69. The van der Waals surface area contributed by atoms with Gasteiger partial charge in [-0.25, -0.2) is 0 Å². The van der Waals surface area contributed by atoms with E-state index in [1.165, 1.54) is 38.5 Å². The van der Waals surface area contributed by atoms with Crippen molar-refractivity contribution in [3.63, 3.8) is 0 Å². The van der Waals surface area contributed by atoms with Crippen LogP contribution in [-0.2, 0) is 4.74 Å². The Bertz CT molecular complexity index is 81.4. The molecule has 0 aromatic carbocycles. The summed E-state index contributed by atoms with van der Waals surface area (Å²) in [5.74, 6) is 0. The molecule has 14 heavy (non-hydrogen) atoms. The largest absolute Gasteiger partial charge is 0.381 e. The van der Waals surface area contributed by atoms with E-state index in [0.29, 0.717) is 0 Å². The topological polar surface area (TPSA) is 35.2 Å². The van der Waals surface area contributed by atoms with Crippen molar-refractivity contribution in [1.82, 2.24) is 0 Å². The second kappa shape index (κ2) is 15.7. The standard InChI is InChI=1S/C11H25NO.ClH/c1-2-3-4-5-6-7-10-13-11-8-9-12;/h2-12H2,1H3;1H. The van der Waals surface area contributed by atoms with Crippen molar-refractivity contribution in [2.75, 3.05) is 19.8 Å². The average Bonchev–Trinajstić information content (AvgIpc) is 2.16. The van der Waals surface area contributed by atoms with Crippen molar-refractivity contribution < 1.29 is 4.74 Å². The van der Waals surface area contributed by atoms with Gasteiger partial charge in [0.2, 0.25) is 0 Å². The van der Waals surface area contributed by atoms with Crippen molar-refractivity contribution in [3.05, 3.63) is 0 Å². The third-order valence-corrected chi connectivity index (χ3v) is 2.14. The number of hydrogen-bond acceptors (Lipinski definition) is 2. The van der Waals surface area contributed by atoms with Gasteiger partial charge in [0.15, 0.2) is 0 Å². The monoisotopic (exact) mass is 223 g/mol. The van der Waals surface area contributed by atoms with E-state index in [1.54, 1.807) is 0 Å². The van der Waals surface area contributed by atoms with Gasteiger partial charge in [-0.2, -0.15) is 0 Å². The van der Waals surface area contributed by atoms with Crippen LogP contribution in [0.2, 0.25) is 0 Å². The zero-order valence-corrected chi connectivity index (χ0v) is 10.3. The molecule has 0 aliphatic heterocycles. The first kappa shape index (κ1) is 16.6. The van der Waals surface area contributed by atoms with Crippen LogP contribution in [-0.4, -0.2) is 19.8 Å². The fourth-order valence-corrected chi connectivity index (χ4v) is 1.27. The molecule has 0 aromatic rings. The summed E-state index contributed by atoms with van der Waals surface area (Å²) >= 11 is 0. The first-order chi connectivity index (χ1) is 6.41. The van der Waals surface area contributed by atoms with Crippen LogP contribution in [0.1, 0.15) is 51.9 Å². The summed E-state index contributed by atoms with van der Waals surface area (Å²) in [6.07, 6.45) is 9.00. The Morgan fingerprint density at radius 2 is 1.43 bits per heavy atom. The van der Waals surface area contributed by atoms with Crippen LogP contribution >= 0.6 is 12.4 Å². The first-order valence-corrected chi connectivity index (χ1v) is 5.69. The van der Waals surface area contributed by atoms with Crippen LogP contribution in [0.5, 0.6) is 0 Å². The highest BCUT2D eigenvalue weighted by Crippen LogP contribution is 2.04. The molecule has 3 heteroatoms. The van der Waals surface area contributed by atoms with Crippen molar-refractivity contribution in [1.29, 1.82) is 0 Å². The van der Waals surface area contributed by atoms with Gasteiger partial charge in [-0.15, -0.1) is 12.4 Å². The molecule has 0 radical (unpaired) electrons. The second-order valence-electron chi connectivity index (χ2n) is 3.52. The van der Waals surface area contributed by atoms with Crippen LogP contribution in [0.25, 0.3) is 0 Å². The Balaban J connectivity index is 0. The van der Waals surface area contributed by atoms with Crippen LogP contribution < -0.4 is 5.73 Å². The molecule has 0 heterocycles. The molecule has 0 spiro atoms. The molecule has 2 nitrogen and oxygen atoms in total. The minimum Gasteiger partial charge on any atom is -0.381 e. The highest BCUT2D eigenvalue weighted by molar-refractivity contribution is 5.85. The van der Waals surface area contributed by atoms with E-state index in [2.05, 4.69) is 6.92 Å². The zero-order valence-electron chi connectivity index (χ0n) is 9.46. The maximum absolute atomic E-state index is 5.40. The number of hydrogen-bond donors (Lipinski definition) is 1. The lowest BCUT2D eigenvalue weighted by molar-refractivity contribution is 0.129. The van der Waals surface area contributed by atoms with Gasteiger partial charge in [-0.1, -0.05) is 39.0 Å². The molecule has 0 rings (SSSR count). The SMILES string of the molecule is CCCCCCCCOCCCN.Cl. The molecule has 0 amide bonds. The summed E-state index contributed by atoms with van der Waals surface area (Å²) in [5, 5.41) is 0. The van der Waals surface area contributed by atoms with E-state index in [4.69, 9.17) is 10.5 Å². The third kappa shape index (κ3) is 14.7. The number of unbranched alkanes of at least 4 members (excludes halogenated alkanes) is 5. The lowest BCUT2D eigenvalue weighted by atomic mass is 10.1. The predicted molar refractivity (Wildman–Crippen MR) is 65.1 cm³/mol. The van der Waals surface area contributed by atoms with Crippen molar-refractivity contribution in [2.24, 2.45) is 5.73 Å². The quantitative estimate of drug-likeness (QED) is 0.578. The summed E-state index contributed by atoms with van der Waals surface area (Å²) in [5.41, 5.74) is 5.34. The van der Waals surface area contributed by atoms with Crippen molar-refractivity contribution in [2.45, 2.75) is 51.9 Å². The third-order valence-electron chi connectivity index (χ3n) is 2.14. The smallest absolute Gasteiger partial charge is 0.0478 e. The number of nitrogens with two attached hydrogens (primary N) is 1. The summed E-state index contributed by atoms with van der Waals surface area (Å²) in [6.45, 7) is 4.75. The number of halogens is 1. The maximum Gasteiger partial charge on any atom is 0.0478 e. The Morgan fingerprint density at radius 1 is 0.857 bits per heavy atom. The van der Waals surface area contributed by atoms with Crippen LogP contribution in [0, 0.1) is 0 Å². The molecule has 0 bridgehead atoms. The fraction of sp³-hybridized carbons (Fsp3) is 1.00. The highest BCUT2D eigenvalue weighted by Gasteiger charge is 1.90. The van der Waals surface area contributed by atoms with E-state index in [1.807, 2.05) is 0 Å². The van der Waals surface area contributed by atoms with Crippen LogP contribution in [0.15, 0.2) is 0 Å². The minimum absolute atomic E-state index is 0. The Labute approximate surface area is 95.0 Å². The molecule has 0 aromatic heterocycles. The summed E-state index contributed by atoms with van der Waals surface area (Å²) in [4.78, 5) is 0. The van der Waals surface area contributed by atoms with E-state index < -0.39 is 0 Å². The molecule has 0 saturated carbocycles. The molecule has 0 aliphatic rings. The predicted octanol–water partition coefficient (Wildman–Crippen LogP) is 3.13. The van der Waals surface area contributed by atoms with Crippen molar-refractivity contribution in [3.8, 4) is 0 Å². The van der Waals surface area contributed by atoms with Crippen LogP contribution in [0.3, 0.4) is 0 Å². The van der Waals surface area contributed by atoms with Gasteiger partial charge in [-0.05, 0) is 19.4 Å². The fourth-order valence-electron chi connectivity index (χ4n) is 1.27. The van der Waals surface area contributed by atoms with Gasteiger partial charge >= 0.3 is 0 Å². The lowest BCUT2D eigenvalue weighted by Gasteiger charge is -2.02. The second-order valence-corrected chi connectivity index (χ2v) is 3.52. The van der Waals surface area contributed by atoms with Gasteiger partial charge < -0.3 is 10.5 Å². The van der Waals surface area contributed by atoms with Crippen LogP contribution in [0.4, 0.5) is 0 Å². The maximum atomic E-state index is 5.40. The van der Waals surface area contributed by atoms with E-state index in [0.717, 1.165) is 26.2 Å². The summed E-state index contributed by atoms with van der Waals surface area (Å²) in [7, 11) is 0. The minimum atomic E-state index is 0. The van der Waals surface area contributed by atoms with E-state index >= 15 is 0 Å². The molecule has 0 fully saturated rings. The summed E-state index contributed by atoms with van der Waals surface area (Å²) in [6, 6.07) is 0. The Morgan fingerprint density at radius 3 is 2.07 bits per heavy atom. The normalized spacial score (nSPS) is 9.86.